The summed E-state index contributed by atoms with van der Waals surface area (Å²) in [5.41, 5.74) is 6.42. The minimum Gasteiger partial charge on any atom is -0.478 e. The Labute approximate surface area is 415 Å². The number of aromatic carboxylic acids is 1. The number of carbonyl (C=O) groups is 4. The lowest BCUT2D eigenvalue weighted by Crippen LogP contribution is -2.47. The number of aromatic amines is 2. The average molecular weight is 985 g/mol. The van der Waals surface area contributed by atoms with Gasteiger partial charge < -0.3 is 49.7 Å². The van der Waals surface area contributed by atoms with Gasteiger partial charge in [-0.2, -0.15) is 27.0 Å². The van der Waals surface area contributed by atoms with E-state index in [1.807, 2.05) is 73.8 Å². The third-order valence-corrected chi connectivity index (χ3v) is 11.3. The van der Waals surface area contributed by atoms with Crippen LogP contribution in [0.1, 0.15) is 99.1 Å². The van der Waals surface area contributed by atoms with Gasteiger partial charge in [0.25, 0.3) is 0 Å². The fourth-order valence-corrected chi connectivity index (χ4v) is 8.13. The first-order valence-corrected chi connectivity index (χ1v) is 22.5. The van der Waals surface area contributed by atoms with Gasteiger partial charge in [0.15, 0.2) is 0 Å². The number of carboxylic acids is 1. The molecule has 2 amide bonds. The smallest absolute Gasteiger partial charge is 0.410 e. The summed E-state index contributed by atoms with van der Waals surface area (Å²) in [5, 5.41) is 17.8. The number of nitrogens with zero attached hydrogens (tertiary/aromatic N) is 6. The Kier molecular flexibility index (Phi) is 17.2. The number of amides is 2. The second-order valence-corrected chi connectivity index (χ2v) is 19.0. The van der Waals surface area contributed by atoms with Gasteiger partial charge in [0, 0.05) is 96.0 Å². The predicted molar refractivity (Wildman–Crippen MR) is 276 cm³/mol. The van der Waals surface area contributed by atoms with Crippen molar-refractivity contribution < 1.29 is 38.5 Å². The van der Waals surface area contributed by atoms with E-state index in [9.17, 15) is 24.3 Å². The number of esters is 1. The number of piperidine rings is 2. The molecular formula is C49H64N10O8S2. The number of hydrogen-bond donors (Lipinski definition) is 5. The quantitative estimate of drug-likeness (QED) is 0.0707. The van der Waals surface area contributed by atoms with Crippen molar-refractivity contribution in [2.75, 3.05) is 43.9 Å². The SMILES string of the molecule is COC(=O)c1ccc2c(-c3nc(N[C@H]4CCCN(C(=O)OC(C)(C)C)C4)ncc3C)c[nH]c2c1.Cc1cnc(N[C@H]2CCCN(C(=O)OC(C)(C)C)C2)nc1-c1c[nH]c2cc(C(=O)O)ccc12.S.S. The molecule has 6 heterocycles. The average Bonchev–Trinajstić information content (AvgIpc) is 3.91. The van der Waals surface area contributed by atoms with Gasteiger partial charge >= 0.3 is 24.1 Å². The topological polar surface area (TPSA) is 230 Å². The number of hydrogen-bond acceptors (Lipinski definition) is 13. The van der Waals surface area contributed by atoms with Crippen molar-refractivity contribution in [2.24, 2.45) is 0 Å². The Hall–Kier alpha value is -6.54. The molecule has 0 bridgehead atoms. The van der Waals surface area contributed by atoms with Crippen molar-refractivity contribution in [3.8, 4) is 22.5 Å². The van der Waals surface area contributed by atoms with Gasteiger partial charge in [-0.05, 0) is 116 Å². The molecule has 20 heteroatoms. The van der Waals surface area contributed by atoms with Crippen LogP contribution in [0.4, 0.5) is 21.5 Å². The Bertz CT molecular complexity index is 2800. The van der Waals surface area contributed by atoms with Crippen molar-refractivity contribution in [1.82, 2.24) is 39.7 Å². The minimum atomic E-state index is -0.967. The van der Waals surface area contributed by atoms with Crippen LogP contribution in [-0.4, -0.2) is 126 Å². The van der Waals surface area contributed by atoms with Gasteiger partial charge in [0.05, 0.1) is 29.6 Å². The van der Waals surface area contributed by atoms with Gasteiger partial charge in [-0.25, -0.2) is 39.1 Å². The van der Waals surface area contributed by atoms with E-state index in [1.165, 1.54) is 7.11 Å². The van der Waals surface area contributed by atoms with Crippen molar-refractivity contribution in [2.45, 2.75) is 104 Å². The van der Waals surface area contributed by atoms with Crippen LogP contribution in [0.2, 0.25) is 0 Å². The highest BCUT2D eigenvalue weighted by molar-refractivity contribution is 7.59. The number of likely N-dealkylation sites (tertiary alicyclic amines) is 2. The molecule has 69 heavy (non-hydrogen) atoms. The molecule has 8 rings (SSSR count). The first kappa shape index (κ1) is 53.4. The summed E-state index contributed by atoms with van der Waals surface area (Å²) in [7, 11) is 1.37. The number of fused-ring (bicyclic) bond motifs is 2. The summed E-state index contributed by atoms with van der Waals surface area (Å²) in [6.07, 6.45) is 10.2. The van der Waals surface area contributed by atoms with Crippen LogP contribution in [0.3, 0.4) is 0 Å². The van der Waals surface area contributed by atoms with E-state index in [0.29, 0.717) is 43.6 Å². The molecule has 2 aliphatic rings. The highest BCUT2D eigenvalue weighted by Gasteiger charge is 2.30. The van der Waals surface area contributed by atoms with E-state index in [4.69, 9.17) is 24.2 Å². The third kappa shape index (κ3) is 13.4. The maximum absolute atomic E-state index is 12.5. The van der Waals surface area contributed by atoms with Crippen molar-refractivity contribution >= 4 is 84.8 Å². The highest BCUT2D eigenvalue weighted by atomic mass is 32.1. The molecule has 2 saturated heterocycles. The minimum absolute atomic E-state index is 0. The number of aryl methyl sites for hydroxylation is 2. The molecular weight excluding hydrogens is 921 g/mol. The number of ether oxygens (including phenoxy) is 3. The predicted octanol–water partition coefficient (Wildman–Crippen LogP) is 9.20. The highest BCUT2D eigenvalue weighted by Crippen LogP contribution is 2.33. The maximum Gasteiger partial charge on any atom is 0.410 e. The zero-order valence-corrected chi connectivity index (χ0v) is 42.6. The Morgan fingerprint density at radius 3 is 1.51 bits per heavy atom. The molecule has 2 fully saturated rings. The van der Waals surface area contributed by atoms with Gasteiger partial charge in [-0.15, -0.1) is 0 Å². The van der Waals surface area contributed by atoms with E-state index >= 15 is 0 Å². The summed E-state index contributed by atoms with van der Waals surface area (Å²) in [6, 6.07) is 10.4. The van der Waals surface area contributed by atoms with Gasteiger partial charge in [-0.1, -0.05) is 12.1 Å². The van der Waals surface area contributed by atoms with Gasteiger partial charge in [0.2, 0.25) is 11.9 Å². The number of H-pyrrole nitrogens is 2. The van der Waals surface area contributed by atoms with E-state index in [1.54, 1.807) is 52.5 Å². The van der Waals surface area contributed by atoms with Crippen LogP contribution in [0.25, 0.3) is 44.3 Å². The van der Waals surface area contributed by atoms with Crippen molar-refractivity contribution in [1.29, 1.82) is 0 Å². The van der Waals surface area contributed by atoms with Crippen LogP contribution in [0.5, 0.6) is 0 Å². The molecule has 4 aromatic heterocycles. The summed E-state index contributed by atoms with van der Waals surface area (Å²) >= 11 is 0. The molecule has 0 aliphatic carbocycles. The number of anilines is 2. The summed E-state index contributed by atoms with van der Waals surface area (Å²) in [4.78, 5) is 76.4. The number of carbonyl (C=O) groups excluding carboxylic acids is 3. The zero-order chi connectivity index (χ0) is 48.2. The van der Waals surface area contributed by atoms with Crippen LogP contribution < -0.4 is 10.6 Å². The Balaban J connectivity index is 0.000000250. The first-order chi connectivity index (χ1) is 31.7. The van der Waals surface area contributed by atoms with Crippen LogP contribution in [-0.2, 0) is 14.2 Å². The summed E-state index contributed by atoms with van der Waals surface area (Å²) in [5.74, 6) is -0.346. The van der Waals surface area contributed by atoms with Crippen LogP contribution in [0, 0.1) is 13.8 Å². The Morgan fingerprint density at radius 2 is 1.10 bits per heavy atom. The van der Waals surface area contributed by atoms with Crippen LogP contribution >= 0.6 is 27.0 Å². The molecule has 2 aliphatic heterocycles. The monoisotopic (exact) mass is 984 g/mol. The second kappa shape index (κ2) is 22.3. The molecule has 0 radical (unpaired) electrons. The van der Waals surface area contributed by atoms with E-state index < -0.39 is 17.2 Å². The maximum atomic E-state index is 12.5. The molecule has 0 saturated carbocycles. The standard InChI is InChI=1S/C25H31N5O4.C24H29N5O4.2H2S/c1-15-12-27-23(28-17-7-6-10-30(14-17)24(32)34-25(2,3)4)29-21(15)19-13-26-20-11-16(22(31)33-5)8-9-18(19)20;1-14-11-26-22(27-16-6-5-9-29(13-16)23(32)33-24(2,3)4)28-20(14)18-12-25-19-10-15(21(30)31)7-8-17(18)19;;/h8-9,11-13,17,26H,6-7,10,14H2,1-5H3,(H,27,28,29);7-8,10-12,16,25H,5-6,9,13H2,1-4H3,(H,30,31)(H,26,27,28);2*1H2/t17-;16-;;/m00../s1. The zero-order valence-electron chi connectivity index (χ0n) is 40.6. The van der Waals surface area contributed by atoms with Gasteiger partial charge in [-0.3, -0.25) is 0 Å². The lowest BCUT2D eigenvalue weighted by atomic mass is 10.1. The fraction of sp³-hybridized carbons (Fsp3) is 0.429. The molecule has 6 aromatic rings. The number of benzene rings is 2. The second-order valence-electron chi connectivity index (χ2n) is 19.0. The number of carboxylic acid groups (broad SMARTS) is 1. The molecule has 18 nitrogen and oxygen atoms in total. The van der Waals surface area contributed by atoms with Crippen molar-refractivity contribution in [3.63, 3.8) is 0 Å². The molecule has 0 unspecified atom stereocenters. The molecule has 0 spiro atoms. The third-order valence-electron chi connectivity index (χ3n) is 11.3. The lowest BCUT2D eigenvalue weighted by Gasteiger charge is -2.34. The van der Waals surface area contributed by atoms with Gasteiger partial charge in [0.1, 0.15) is 11.2 Å². The largest absolute Gasteiger partial charge is 0.478 e. The van der Waals surface area contributed by atoms with Crippen LogP contribution in [0.15, 0.2) is 61.2 Å². The normalized spacial score (nSPS) is 16.0. The van der Waals surface area contributed by atoms with E-state index in [-0.39, 0.29) is 62.8 Å². The fourth-order valence-electron chi connectivity index (χ4n) is 8.13. The molecule has 5 N–H and O–H groups in total. The molecule has 2 atom stereocenters. The molecule has 370 valence electrons. The molecule has 2 aromatic carbocycles. The van der Waals surface area contributed by atoms with E-state index in [0.717, 1.165) is 81.1 Å². The number of rotatable bonds is 8. The van der Waals surface area contributed by atoms with Crippen molar-refractivity contribution in [3.05, 3.63) is 83.4 Å². The summed E-state index contributed by atoms with van der Waals surface area (Å²) < 4.78 is 15.9. The number of aromatic nitrogens is 6. The lowest BCUT2D eigenvalue weighted by molar-refractivity contribution is 0.0196. The van der Waals surface area contributed by atoms with E-state index in [2.05, 4.69) is 30.6 Å². The summed E-state index contributed by atoms with van der Waals surface area (Å²) in [6.45, 7) is 17.5. The Morgan fingerprint density at radius 1 is 0.681 bits per heavy atom. The first-order valence-electron chi connectivity index (χ1n) is 22.5. The number of nitrogens with one attached hydrogen (secondary N) is 4. The number of methoxy groups -OCH3 is 1.